The van der Waals surface area contributed by atoms with Gasteiger partial charge in [-0.15, -0.1) is 0 Å². The minimum Gasteiger partial charge on any atom is -0.508 e. The molecule has 0 spiro atoms. The number of alkyl halides is 1. The molecule has 0 saturated carbocycles. The molecular formula is C12H11BrO2. The molecule has 0 aliphatic heterocycles. The van der Waals surface area contributed by atoms with Gasteiger partial charge in [-0.25, -0.2) is 0 Å². The predicted molar refractivity (Wildman–Crippen MR) is 64.4 cm³/mol. The molecular weight excluding hydrogens is 256 g/mol. The normalized spacial score (nSPS) is 12.9. The predicted octanol–water partition coefficient (Wildman–Crippen LogP) is 2.97. The number of aromatic hydroxyl groups is 1. The summed E-state index contributed by atoms with van der Waals surface area (Å²) in [6.45, 7) is 0. The van der Waals surface area contributed by atoms with Crippen molar-refractivity contribution in [1.29, 1.82) is 0 Å². The molecule has 0 radical (unpaired) electrons. The van der Waals surface area contributed by atoms with Crippen molar-refractivity contribution >= 4 is 26.7 Å². The SMILES string of the molecule is Oc1ccc2ccc(C(O)CBr)cc2c1. The van der Waals surface area contributed by atoms with Crippen LogP contribution >= 0.6 is 15.9 Å². The van der Waals surface area contributed by atoms with Crippen molar-refractivity contribution in [2.75, 3.05) is 5.33 Å². The number of phenolic OH excluding ortho intramolecular Hbond substituents is 1. The van der Waals surface area contributed by atoms with Crippen LogP contribution in [0.15, 0.2) is 36.4 Å². The lowest BCUT2D eigenvalue weighted by atomic mass is 10.0. The molecule has 2 aromatic rings. The van der Waals surface area contributed by atoms with Crippen LogP contribution < -0.4 is 0 Å². The largest absolute Gasteiger partial charge is 0.508 e. The molecule has 0 amide bonds. The number of hydrogen-bond acceptors (Lipinski definition) is 2. The van der Waals surface area contributed by atoms with Gasteiger partial charge in [-0.2, -0.15) is 0 Å². The standard InChI is InChI=1S/C12H11BrO2/c13-7-12(15)9-2-1-8-3-4-11(14)6-10(8)5-9/h1-6,12,14-15H,7H2. The average Bonchev–Trinajstić information content (AvgIpc) is 2.27. The maximum absolute atomic E-state index is 9.65. The molecule has 2 nitrogen and oxygen atoms in total. The Morgan fingerprint density at radius 3 is 2.53 bits per heavy atom. The van der Waals surface area contributed by atoms with Crippen molar-refractivity contribution in [3.05, 3.63) is 42.0 Å². The lowest BCUT2D eigenvalue weighted by molar-refractivity contribution is 0.205. The molecule has 78 valence electrons. The second kappa shape index (κ2) is 4.21. The maximum Gasteiger partial charge on any atom is 0.116 e. The molecule has 2 aromatic carbocycles. The van der Waals surface area contributed by atoms with E-state index in [0.29, 0.717) is 5.33 Å². The van der Waals surface area contributed by atoms with Gasteiger partial charge in [-0.05, 0) is 34.5 Å². The van der Waals surface area contributed by atoms with Crippen LogP contribution in [0.2, 0.25) is 0 Å². The van der Waals surface area contributed by atoms with Gasteiger partial charge in [0.1, 0.15) is 5.75 Å². The highest BCUT2D eigenvalue weighted by molar-refractivity contribution is 9.09. The van der Waals surface area contributed by atoms with E-state index in [1.807, 2.05) is 24.3 Å². The van der Waals surface area contributed by atoms with Crippen molar-refractivity contribution in [2.24, 2.45) is 0 Å². The number of benzene rings is 2. The summed E-state index contributed by atoms with van der Waals surface area (Å²) in [4.78, 5) is 0. The Bertz CT molecular complexity index is 482. The Labute approximate surface area is 96.3 Å². The van der Waals surface area contributed by atoms with E-state index >= 15 is 0 Å². The van der Waals surface area contributed by atoms with Crippen LogP contribution in [0.1, 0.15) is 11.7 Å². The highest BCUT2D eigenvalue weighted by Crippen LogP contribution is 2.24. The van der Waals surface area contributed by atoms with Crippen LogP contribution in [0.4, 0.5) is 0 Å². The smallest absolute Gasteiger partial charge is 0.116 e. The van der Waals surface area contributed by atoms with E-state index in [-0.39, 0.29) is 5.75 Å². The van der Waals surface area contributed by atoms with Crippen LogP contribution in [0.3, 0.4) is 0 Å². The third kappa shape index (κ3) is 2.13. The van der Waals surface area contributed by atoms with Crippen LogP contribution in [0.5, 0.6) is 5.75 Å². The van der Waals surface area contributed by atoms with Gasteiger partial charge in [0, 0.05) is 5.33 Å². The van der Waals surface area contributed by atoms with Gasteiger partial charge in [0.25, 0.3) is 0 Å². The lowest BCUT2D eigenvalue weighted by Gasteiger charge is -2.08. The quantitative estimate of drug-likeness (QED) is 0.821. The van der Waals surface area contributed by atoms with Gasteiger partial charge in [-0.1, -0.05) is 34.1 Å². The first-order valence-corrected chi connectivity index (χ1v) is 5.79. The topological polar surface area (TPSA) is 40.5 Å². The summed E-state index contributed by atoms with van der Waals surface area (Å²) in [7, 11) is 0. The molecule has 0 heterocycles. The zero-order valence-corrected chi connectivity index (χ0v) is 9.61. The summed E-state index contributed by atoms with van der Waals surface area (Å²) in [5.74, 6) is 0.244. The van der Waals surface area contributed by atoms with Crippen LogP contribution in [0, 0.1) is 0 Å². The lowest BCUT2D eigenvalue weighted by Crippen LogP contribution is -1.97. The Hall–Kier alpha value is -1.06. The van der Waals surface area contributed by atoms with Gasteiger partial charge in [-0.3, -0.25) is 0 Å². The first kappa shape index (κ1) is 10.5. The van der Waals surface area contributed by atoms with Crippen molar-refractivity contribution in [1.82, 2.24) is 0 Å². The summed E-state index contributed by atoms with van der Waals surface area (Å²) in [5.41, 5.74) is 0.852. The zero-order chi connectivity index (χ0) is 10.8. The van der Waals surface area contributed by atoms with Crippen molar-refractivity contribution in [2.45, 2.75) is 6.10 Å². The molecule has 2 rings (SSSR count). The van der Waals surface area contributed by atoms with E-state index in [0.717, 1.165) is 16.3 Å². The number of rotatable bonds is 2. The highest BCUT2D eigenvalue weighted by atomic mass is 79.9. The minimum absolute atomic E-state index is 0.244. The number of halogens is 1. The van der Waals surface area contributed by atoms with Crippen LogP contribution in [-0.4, -0.2) is 15.5 Å². The molecule has 1 atom stereocenters. The number of aliphatic hydroxyl groups is 1. The summed E-state index contributed by atoms with van der Waals surface area (Å²) < 4.78 is 0. The van der Waals surface area contributed by atoms with E-state index in [4.69, 9.17) is 0 Å². The van der Waals surface area contributed by atoms with Gasteiger partial charge < -0.3 is 10.2 Å². The van der Waals surface area contributed by atoms with Crippen LogP contribution in [0.25, 0.3) is 10.8 Å². The summed E-state index contributed by atoms with van der Waals surface area (Å²) >= 11 is 3.23. The number of hydrogen-bond donors (Lipinski definition) is 2. The van der Waals surface area contributed by atoms with E-state index in [1.54, 1.807) is 12.1 Å². The fraction of sp³-hybridized carbons (Fsp3) is 0.167. The molecule has 0 saturated heterocycles. The molecule has 0 aliphatic rings. The molecule has 2 N–H and O–H groups in total. The molecule has 0 aliphatic carbocycles. The van der Waals surface area contributed by atoms with E-state index in [2.05, 4.69) is 15.9 Å². The average molecular weight is 267 g/mol. The molecule has 0 fully saturated rings. The second-order valence-corrected chi connectivity index (χ2v) is 4.11. The number of fused-ring (bicyclic) bond motifs is 1. The van der Waals surface area contributed by atoms with E-state index in [1.165, 1.54) is 0 Å². The summed E-state index contributed by atoms with van der Waals surface area (Å²) in [6, 6.07) is 10.9. The van der Waals surface area contributed by atoms with E-state index in [9.17, 15) is 10.2 Å². The zero-order valence-electron chi connectivity index (χ0n) is 8.02. The number of aliphatic hydroxyl groups excluding tert-OH is 1. The van der Waals surface area contributed by atoms with Gasteiger partial charge >= 0.3 is 0 Å². The fourth-order valence-electron chi connectivity index (χ4n) is 1.55. The third-order valence-electron chi connectivity index (χ3n) is 2.38. The fourth-order valence-corrected chi connectivity index (χ4v) is 1.92. The van der Waals surface area contributed by atoms with Gasteiger partial charge in [0.05, 0.1) is 6.10 Å². The Kier molecular flexibility index (Phi) is 2.93. The Morgan fingerprint density at radius 1 is 1.07 bits per heavy atom. The first-order valence-electron chi connectivity index (χ1n) is 4.67. The third-order valence-corrected chi connectivity index (χ3v) is 2.99. The first-order chi connectivity index (χ1) is 7.20. The van der Waals surface area contributed by atoms with Crippen molar-refractivity contribution in [3.63, 3.8) is 0 Å². The number of phenols is 1. The maximum atomic E-state index is 9.65. The van der Waals surface area contributed by atoms with Gasteiger partial charge in [0.2, 0.25) is 0 Å². The van der Waals surface area contributed by atoms with Crippen molar-refractivity contribution < 1.29 is 10.2 Å². The minimum atomic E-state index is -0.503. The molecule has 15 heavy (non-hydrogen) atoms. The Balaban J connectivity index is 2.54. The van der Waals surface area contributed by atoms with Crippen molar-refractivity contribution in [3.8, 4) is 5.75 Å². The highest BCUT2D eigenvalue weighted by Gasteiger charge is 2.06. The molecule has 0 bridgehead atoms. The van der Waals surface area contributed by atoms with Gasteiger partial charge in [0.15, 0.2) is 0 Å². The Morgan fingerprint density at radius 2 is 1.80 bits per heavy atom. The summed E-state index contributed by atoms with van der Waals surface area (Å²) in [6.07, 6.45) is -0.503. The van der Waals surface area contributed by atoms with E-state index < -0.39 is 6.10 Å². The second-order valence-electron chi connectivity index (χ2n) is 3.46. The molecule has 0 aromatic heterocycles. The molecule has 3 heteroatoms. The molecule has 1 unspecified atom stereocenters. The summed E-state index contributed by atoms with van der Waals surface area (Å²) in [5, 5.41) is 21.5. The van der Waals surface area contributed by atoms with Crippen LogP contribution in [-0.2, 0) is 0 Å². The monoisotopic (exact) mass is 266 g/mol.